The molecule has 1 heterocycles. The van der Waals surface area contributed by atoms with Crippen molar-refractivity contribution in [1.29, 1.82) is 0 Å². The van der Waals surface area contributed by atoms with Crippen molar-refractivity contribution in [2.24, 2.45) is 0 Å². The molecule has 2 rings (SSSR count). The summed E-state index contributed by atoms with van der Waals surface area (Å²) in [6.45, 7) is 4.19. The third kappa shape index (κ3) is 4.02. The molecule has 0 spiro atoms. The summed E-state index contributed by atoms with van der Waals surface area (Å²) in [5.74, 6) is -0.116. The Labute approximate surface area is 125 Å². The summed E-state index contributed by atoms with van der Waals surface area (Å²) >= 11 is 0. The number of hydrogen-bond acceptors (Lipinski definition) is 2. The molecule has 0 saturated heterocycles. The molecule has 0 aliphatic heterocycles. The highest BCUT2D eigenvalue weighted by Crippen LogP contribution is 2.22. The van der Waals surface area contributed by atoms with Gasteiger partial charge in [0.2, 0.25) is 5.91 Å². The average molecular weight is 280 g/mol. The molecule has 1 aromatic heterocycles. The van der Waals surface area contributed by atoms with Gasteiger partial charge in [-0.2, -0.15) is 0 Å². The number of benzene rings is 1. The van der Waals surface area contributed by atoms with Crippen LogP contribution in [-0.2, 0) is 17.6 Å². The Kier molecular flexibility index (Phi) is 5.27. The second-order valence-corrected chi connectivity index (χ2v) is 4.77. The molecule has 0 bridgehead atoms. The van der Waals surface area contributed by atoms with Crippen molar-refractivity contribution in [3.63, 3.8) is 0 Å². The number of rotatable bonds is 5. The zero-order valence-corrected chi connectivity index (χ0v) is 12.5. The fraction of sp³-hybridized carbons (Fsp3) is 0.222. The van der Waals surface area contributed by atoms with E-state index in [4.69, 9.17) is 0 Å². The van der Waals surface area contributed by atoms with Gasteiger partial charge in [-0.05, 0) is 41.7 Å². The van der Waals surface area contributed by atoms with Crippen LogP contribution in [-0.4, -0.2) is 10.9 Å². The van der Waals surface area contributed by atoms with Gasteiger partial charge in [-0.3, -0.25) is 9.78 Å². The maximum Gasteiger partial charge on any atom is 0.248 e. The lowest BCUT2D eigenvalue weighted by Crippen LogP contribution is -2.11. The minimum Gasteiger partial charge on any atom is -0.322 e. The van der Waals surface area contributed by atoms with Crippen molar-refractivity contribution in [1.82, 2.24) is 4.98 Å². The molecular weight excluding hydrogens is 260 g/mol. The normalized spacial score (nSPS) is 10.8. The topological polar surface area (TPSA) is 42.0 Å². The highest BCUT2D eigenvalue weighted by Gasteiger charge is 2.07. The maximum absolute atomic E-state index is 12.1. The Balaban J connectivity index is 2.14. The van der Waals surface area contributed by atoms with E-state index in [1.165, 1.54) is 0 Å². The van der Waals surface area contributed by atoms with Crippen molar-refractivity contribution < 1.29 is 4.79 Å². The molecule has 2 aromatic rings. The number of aromatic nitrogens is 1. The summed E-state index contributed by atoms with van der Waals surface area (Å²) in [7, 11) is 0. The summed E-state index contributed by atoms with van der Waals surface area (Å²) in [6, 6.07) is 9.91. The maximum atomic E-state index is 12.1. The van der Waals surface area contributed by atoms with Gasteiger partial charge in [0.1, 0.15) is 0 Å². The van der Waals surface area contributed by atoms with Crippen molar-refractivity contribution in [3.8, 4) is 0 Å². The first-order valence-electron chi connectivity index (χ1n) is 7.24. The third-order valence-corrected chi connectivity index (χ3v) is 3.36. The number of carbonyl (C=O) groups excluding carboxylic acids is 1. The number of para-hydroxylation sites is 1. The van der Waals surface area contributed by atoms with E-state index in [1.54, 1.807) is 24.5 Å². The first kappa shape index (κ1) is 15.0. The number of carbonyl (C=O) groups is 1. The molecule has 0 atom stereocenters. The molecule has 0 saturated carbocycles. The van der Waals surface area contributed by atoms with Gasteiger partial charge in [-0.15, -0.1) is 0 Å². The summed E-state index contributed by atoms with van der Waals surface area (Å²) in [4.78, 5) is 16.1. The van der Waals surface area contributed by atoms with Crippen LogP contribution in [0, 0.1) is 0 Å². The van der Waals surface area contributed by atoms with Gasteiger partial charge in [-0.1, -0.05) is 38.1 Å². The highest BCUT2D eigenvalue weighted by molar-refractivity contribution is 6.02. The minimum absolute atomic E-state index is 0.116. The summed E-state index contributed by atoms with van der Waals surface area (Å²) < 4.78 is 0. The quantitative estimate of drug-likeness (QED) is 0.845. The molecule has 1 aromatic carbocycles. The number of pyridine rings is 1. The van der Waals surface area contributed by atoms with Crippen LogP contribution in [0.3, 0.4) is 0 Å². The standard InChI is InChI=1S/C18H20N2O/c1-3-15-8-5-9-16(4-2)18(15)20-17(21)11-10-14-7-6-12-19-13-14/h5-13H,3-4H2,1-2H3,(H,20,21). The highest BCUT2D eigenvalue weighted by atomic mass is 16.1. The minimum atomic E-state index is -0.116. The van der Waals surface area contributed by atoms with Gasteiger partial charge in [-0.25, -0.2) is 0 Å². The van der Waals surface area contributed by atoms with Crippen LogP contribution in [0.15, 0.2) is 48.8 Å². The summed E-state index contributed by atoms with van der Waals surface area (Å²) in [5.41, 5.74) is 4.19. The van der Waals surface area contributed by atoms with E-state index < -0.39 is 0 Å². The van der Waals surface area contributed by atoms with Crippen molar-refractivity contribution in [2.75, 3.05) is 5.32 Å². The Morgan fingerprint density at radius 3 is 2.43 bits per heavy atom. The van der Waals surface area contributed by atoms with Gasteiger partial charge in [0.05, 0.1) is 0 Å². The summed E-state index contributed by atoms with van der Waals surface area (Å²) in [5, 5.41) is 3.01. The number of anilines is 1. The Hall–Kier alpha value is -2.42. The molecule has 3 nitrogen and oxygen atoms in total. The number of nitrogens with one attached hydrogen (secondary N) is 1. The number of nitrogens with zero attached hydrogens (tertiary/aromatic N) is 1. The first-order chi connectivity index (χ1) is 10.2. The smallest absolute Gasteiger partial charge is 0.248 e. The Bertz CT molecular complexity index is 611. The van der Waals surface area contributed by atoms with Gasteiger partial charge in [0, 0.05) is 24.2 Å². The lowest BCUT2D eigenvalue weighted by molar-refractivity contribution is -0.111. The summed E-state index contributed by atoms with van der Waals surface area (Å²) in [6.07, 6.45) is 8.54. The molecule has 0 radical (unpaired) electrons. The lowest BCUT2D eigenvalue weighted by atomic mass is 10.0. The molecule has 3 heteroatoms. The van der Waals surface area contributed by atoms with E-state index in [0.717, 1.165) is 35.2 Å². The van der Waals surface area contributed by atoms with Crippen LogP contribution in [0.2, 0.25) is 0 Å². The molecule has 108 valence electrons. The fourth-order valence-electron chi connectivity index (χ4n) is 2.21. The molecular formula is C18H20N2O. The predicted molar refractivity (Wildman–Crippen MR) is 87.1 cm³/mol. The largest absolute Gasteiger partial charge is 0.322 e. The van der Waals surface area contributed by atoms with Crippen LogP contribution < -0.4 is 5.32 Å². The van der Waals surface area contributed by atoms with Gasteiger partial charge >= 0.3 is 0 Å². The van der Waals surface area contributed by atoms with Crippen molar-refractivity contribution in [3.05, 3.63) is 65.5 Å². The van der Waals surface area contributed by atoms with Crippen LogP contribution >= 0.6 is 0 Å². The van der Waals surface area contributed by atoms with E-state index in [2.05, 4.69) is 36.3 Å². The molecule has 0 aliphatic carbocycles. The number of amides is 1. The van der Waals surface area contributed by atoms with E-state index >= 15 is 0 Å². The van der Waals surface area contributed by atoms with E-state index in [1.807, 2.05) is 18.2 Å². The van der Waals surface area contributed by atoms with Crippen molar-refractivity contribution >= 4 is 17.7 Å². The molecule has 0 aliphatic rings. The van der Waals surface area contributed by atoms with Gasteiger partial charge in [0.15, 0.2) is 0 Å². The molecule has 1 amide bonds. The number of hydrogen-bond donors (Lipinski definition) is 1. The second-order valence-electron chi connectivity index (χ2n) is 4.77. The molecule has 0 fully saturated rings. The number of aryl methyl sites for hydroxylation is 2. The van der Waals surface area contributed by atoms with E-state index in [-0.39, 0.29) is 5.91 Å². The van der Waals surface area contributed by atoms with Crippen LogP contribution in [0.1, 0.15) is 30.5 Å². The van der Waals surface area contributed by atoms with Crippen LogP contribution in [0.4, 0.5) is 5.69 Å². The van der Waals surface area contributed by atoms with E-state index in [9.17, 15) is 4.79 Å². The average Bonchev–Trinajstić information content (AvgIpc) is 2.54. The van der Waals surface area contributed by atoms with Gasteiger partial charge in [0.25, 0.3) is 0 Å². The van der Waals surface area contributed by atoms with Crippen LogP contribution in [0.5, 0.6) is 0 Å². The monoisotopic (exact) mass is 280 g/mol. The second kappa shape index (κ2) is 7.39. The lowest BCUT2D eigenvalue weighted by Gasteiger charge is -2.13. The van der Waals surface area contributed by atoms with Gasteiger partial charge < -0.3 is 5.32 Å². The Morgan fingerprint density at radius 2 is 1.86 bits per heavy atom. The molecule has 21 heavy (non-hydrogen) atoms. The zero-order chi connectivity index (χ0) is 15.1. The van der Waals surface area contributed by atoms with Crippen molar-refractivity contribution in [2.45, 2.75) is 26.7 Å². The van der Waals surface area contributed by atoms with E-state index in [0.29, 0.717) is 0 Å². The predicted octanol–water partition coefficient (Wildman–Crippen LogP) is 3.86. The fourth-order valence-corrected chi connectivity index (χ4v) is 2.21. The SMILES string of the molecule is CCc1cccc(CC)c1NC(=O)C=Cc1cccnc1. The Morgan fingerprint density at radius 1 is 1.14 bits per heavy atom. The molecule has 0 unspecified atom stereocenters. The first-order valence-corrected chi connectivity index (χ1v) is 7.24. The molecule has 1 N–H and O–H groups in total. The van der Waals surface area contributed by atoms with Crippen LogP contribution in [0.25, 0.3) is 6.08 Å². The third-order valence-electron chi connectivity index (χ3n) is 3.36. The zero-order valence-electron chi connectivity index (χ0n) is 12.5.